The first-order valence-electron chi connectivity index (χ1n) is 6.11. The number of methoxy groups -OCH3 is 1. The minimum absolute atomic E-state index is 0.0116. The van der Waals surface area contributed by atoms with Crippen LogP contribution in [-0.4, -0.2) is 23.4 Å². The summed E-state index contributed by atoms with van der Waals surface area (Å²) in [7, 11) is 1.46. The molecule has 0 radical (unpaired) electrons. The lowest BCUT2D eigenvalue weighted by atomic mass is 10.2. The zero-order valence-corrected chi connectivity index (χ0v) is 13.1. The predicted octanol–water partition coefficient (Wildman–Crippen LogP) is 3.52. The highest BCUT2D eigenvalue weighted by Gasteiger charge is 2.07. The molecule has 0 aliphatic heterocycles. The van der Waals surface area contributed by atoms with Gasteiger partial charge in [-0.1, -0.05) is 6.07 Å². The lowest BCUT2D eigenvalue weighted by molar-refractivity contribution is -0.384. The molecular formula is C14H12BrN3O4. The van der Waals surface area contributed by atoms with E-state index in [0.717, 1.165) is 0 Å². The second kappa shape index (κ2) is 6.90. The minimum Gasteiger partial charge on any atom is -0.504 e. The largest absolute Gasteiger partial charge is 0.504 e. The molecular weight excluding hydrogens is 354 g/mol. The fraction of sp³-hybridized carbons (Fsp3) is 0.0714. The van der Waals surface area contributed by atoms with Crippen LogP contribution in [0.2, 0.25) is 0 Å². The maximum Gasteiger partial charge on any atom is 0.271 e. The Balaban J connectivity index is 2.14. The van der Waals surface area contributed by atoms with Crippen LogP contribution in [0.15, 0.2) is 46.0 Å². The van der Waals surface area contributed by atoms with Crippen molar-refractivity contribution in [3.05, 3.63) is 56.5 Å². The van der Waals surface area contributed by atoms with Gasteiger partial charge in [-0.2, -0.15) is 5.10 Å². The molecule has 0 saturated heterocycles. The van der Waals surface area contributed by atoms with E-state index in [9.17, 15) is 15.2 Å². The first kappa shape index (κ1) is 15.8. The van der Waals surface area contributed by atoms with Crippen molar-refractivity contribution in [1.82, 2.24) is 0 Å². The number of nitro benzene ring substituents is 1. The molecule has 8 heteroatoms. The molecule has 0 saturated carbocycles. The summed E-state index contributed by atoms with van der Waals surface area (Å²) in [4.78, 5) is 10.2. The summed E-state index contributed by atoms with van der Waals surface area (Å²) in [6.07, 6.45) is 1.47. The fourth-order valence-electron chi connectivity index (χ4n) is 1.69. The summed E-state index contributed by atoms with van der Waals surface area (Å²) in [5, 5.41) is 24.4. The number of non-ortho nitro benzene ring substituents is 1. The lowest BCUT2D eigenvalue weighted by Crippen LogP contribution is -1.94. The number of hydrogen-bond acceptors (Lipinski definition) is 6. The van der Waals surface area contributed by atoms with Crippen LogP contribution in [0.4, 0.5) is 11.4 Å². The molecule has 2 N–H and O–H groups in total. The van der Waals surface area contributed by atoms with Gasteiger partial charge in [0.25, 0.3) is 5.69 Å². The second-order valence-electron chi connectivity index (χ2n) is 4.22. The van der Waals surface area contributed by atoms with Gasteiger partial charge in [-0.15, -0.1) is 0 Å². The average Bonchev–Trinajstić information content (AvgIpc) is 2.50. The number of hydrogen-bond donors (Lipinski definition) is 2. The molecule has 0 amide bonds. The number of benzene rings is 2. The molecule has 114 valence electrons. The van der Waals surface area contributed by atoms with E-state index >= 15 is 0 Å². The van der Waals surface area contributed by atoms with E-state index in [-0.39, 0.29) is 11.4 Å². The van der Waals surface area contributed by atoms with E-state index in [4.69, 9.17) is 4.74 Å². The number of hydrazone groups is 1. The van der Waals surface area contributed by atoms with Crippen molar-refractivity contribution in [3.63, 3.8) is 0 Å². The number of nitrogens with zero attached hydrogens (tertiary/aromatic N) is 2. The number of halogens is 1. The topological polar surface area (TPSA) is 97.0 Å². The molecule has 0 fully saturated rings. The van der Waals surface area contributed by atoms with E-state index in [0.29, 0.717) is 21.5 Å². The van der Waals surface area contributed by atoms with Gasteiger partial charge in [0.2, 0.25) is 0 Å². The Labute approximate surface area is 134 Å². The smallest absolute Gasteiger partial charge is 0.271 e. The van der Waals surface area contributed by atoms with Gasteiger partial charge in [-0.3, -0.25) is 15.5 Å². The zero-order chi connectivity index (χ0) is 16.1. The lowest BCUT2D eigenvalue weighted by Gasteiger charge is -2.06. The van der Waals surface area contributed by atoms with Crippen LogP contribution in [-0.2, 0) is 0 Å². The van der Waals surface area contributed by atoms with Crippen LogP contribution in [0.5, 0.6) is 11.5 Å². The maximum atomic E-state index is 10.7. The SMILES string of the molecule is COc1cc(Br)c(/C=N\Nc2cccc([N+](=O)[O-])c2)cc1O. The molecule has 0 heterocycles. The molecule has 0 bridgehead atoms. The van der Waals surface area contributed by atoms with Crippen LogP contribution in [0.25, 0.3) is 0 Å². The Hall–Kier alpha value is -2.61. The third-order valence-electron chi connectivity index (χ3n) is 2.75. The third-order valence-corrected chi connectivity index (χ3v) is 3.44. The predicted molar refractivity (Wildman–Crippen MR) is 86.7 cm³/mol. The molecule has 2 aromatic rings. The van der Waals surface area contributed by atoms with Crippen LogP contribution in [0.1, 0.15) is 5.56 Å². The Morgan fingerprint density at radius 2 is 2.18 bits per heavy atom. The van der Waals surface area contributed by atoms with Crippen molar-refractivity contribution >= 4 is 33.5 Å². The summed E-state index contributed by atoms with van der Waals surface area (Å²) in [6.45, 7) is 0. The molecule has 22 heavy (non-hydrogen) atoms. The van der Waals surface area contributed by atoms with E-state index in [1.807, 2.05) is 0 Å². The van der Waals surface area contributed by atoms with Crippen molar-refractivity contribution in [1.29, 1.82) is 0 Å². The second-order valence-corrected chi connectivity index (χ2v) is 5.08. The number of nitro groups is 1. The summed E-state index contributed by atoms with van der Waals surface area (Å²) in [5.41, 5.74) is 3.78. The van der Waals surface area contributed by atoms with Crippen LogP contribution in [0, 0.1) is 10.1 Å². The molecule has 7 nitrogen and oxygen atoms in total. The molecule has 0 atom stereocenters. The highest BCUT2D eigenvalue weighted by molar-refractivity contribution is 9.10. The van der Waals surface area contributed by atoms with Gasteiger partial charge in [0, 0.05) is 22.2 Å². The van der Waals surface area contributed by atoms with Gasteiger partial charge in [-0.25, -0.2) is 0 Å². The fourth-order valence-corrected chi connectivity index (χ4v) is 2.11. The third kappa shape index (κ3) is 3.73. The van der Waals surface area contributed by atoms with Crippen LogP contribution < -0.4 is 10.2 Å². The van der Waals surface area contributed by atoms with E-state index in [2.05, 4.69) is 26.5 Å². The maximum absolute atomic E-state index is 10.7. The van der Waals surface area contributed by atoms with Gasteiger partial charge >= 0.3 is 0 Å². The number of anilines is 1. The summed E-state index contributed by atoms with van der Waals surface area (Å²) in [6, 6.07) is 9.09. The molecule has 0 aromatic heterocycles. The van der Waals surface area contributed by atoms with Crippen molar-refractivity contribution in [2.45, 2.75) is 0 Å². The van der Waals surface area contributed by atoms with Gasteiger partial charge in [0.15, 0.2) is 11.5 Å². The average molecular weight is 366 g/mol. The van der Waals surface area contributed by atoms with Crippen molar-refractivity contribution in [3.8, 4) is 11.5 Å². The molecule has 0 unspecified atom stereocenters. The number of ether oxygens (including phenoxy) is 1. The zero-order valence-electron chi connectivity index (χ0n) is 11.5. The first-order chi connectivity index (χ1) is 10.5. The van der Waals surface area contributed by atoms with Crippen molar-refractivity contribution in [2.24, 2.45) is 5.10 Å². The van der Waals surface area contributed by atoms with Crippen molar-refractivity contribution < 1.29 is 14.8 Å². The molecule has 0 spiro atoms. The van der Waals surface area contributed by atoms with Gasteiger partial charge < -0.3 is 9.84 Å². The monoisotopic (exact) mass is 365 g/mol. The standard InChI is InChI=1S/C14H12BrN3O4/c1-22-14-7-12(15)9(5-13(14)19)8-16-17-10-3-2-4-11(6-10)18(20)21/h2-8,17,19H,1H3/b16-8-. The number of phenolic OH excluding ortho intramolecular Hbond substituents is 1. The normalized spacial score (nSPS) is 10.6. The molecule has 0 aliphatic rings. The van der Waals surface area contributed by atoms with E-state index in [1.54, 1.807) is 18.2 Å². The van der Waals surface area contributed by atoms with Crippen LogP contribution >= 0.6 is 15.9 Å². The van der Waals surface area contributed by atoms with Crippen molar-refractivity contribution in [2.75, 3.05) is 12.5 Å². The van der Waals surface area contributed by atoms with E-state index < -0.39 is 4.92 Å². The Morgan fingerprint density at radius 1 is 1.41 bits per heavy atom. The summed E-state index contributed by atoms with van der Waals surface area (Å²) < 4.78 is 5.67. The number of rotatable bonds is 5. The summed E-state index contributed by atoms with van der Waals surface area (Å²) in [5.74, 6) is 0.332. The van der Waals surface area contributed by atoms with E-state index in [1.165, 1.54) is 31.5 Å². The number of nitrogens with one attached hydrogen (secondary N) is 1. The summed E-state index contributed by atoms with van der Waals surface area (Å²) >= 11 is 3.34. The Kier molecular flexibility index (Phi) is 4.95. The highest BCUT2D eigenvalue weighted by atomic mass is 79.9. The Morgan fingerprint density at radius 3 is 2.86 bits per heavy atom. The number of phenols is 1. The minimum atomic E-state index is -0.479. The van der Waals surface area contributed by atoms with Gasteiger partial charge in [0.05, 0.1) is 23.9 Å². The van der Waals surface area contributed by atoms with Gasteiger partial charge in [-0.05, 0) is 34.1 Å². The molecule has 2 aromatic carbocycles. The first-order valence-corrected chi connectivity index (χ1v) is 6.90. The highest BCUT2D eigenvalue weighted by Crippen LogP contribution is 2.31. The number of aromatic hydroxyl groups is 1. The van der Waals surface area contributed by atoms with Crippen LogP contribution in [0.3, 0.4) is 0 Å². The molecule has 0 aliphatic carbocycles. The Bertz CT molecular complexity index is 734. The quantitative estimate of drug-likeness (QED) is 0.480. The van der Waals surface area contributed by atoms with Gasteiger partial charge in [0.1, 0.15) is 0 Å². The molecule has 2 rings (SSSR count).